The SMILES string of the molecule is Cc1cc([N+](=O)[O-])cnc1OCC1(N)CCCCCC1. The van der Waals surface area contributed by atoms with E-state index in [0.717, 1.165) is 25.7 Å². The molecule has 2 N–H and O–H groups in total. The highest BCUT2D eigenvalue weighted by Gasteiger charge is 2.27. The van der Waals surface area contributed by atoms with E-state index in [1.165, 1.54) is 25.1 Å². The Morgan fingerprint density at radius 2 is 2.05 bits per heavy atom. The van der Waals surface area contributed by atoms with Crippen LogP contribution in [0.1, 0.15) is 44.1 Å². The summed E-state index contributed by atoms with van der Waals surface area (Å²) in [6.45, 7) is 2.17. The molecular weight excluding hydrogens is 258 g/mol. The molecule has 0 aliphatic heterocycles. The zero-order valence-corrected chi connectivity index (χ0v) is 11.8. The van der Waals surface area contributed by atoms with Gasteiger partial charge in [-0.1, -0.05) is 25.7 Å². The maximum atomic E-state index is 10.7. The van der Waals surface area contributed by atoms with Crippen LogP contribution in [0.25, 0.3) is 0 Å². The van der Waals surface area contributed by atoms with Crippen LogP contribution in [0.3, 0.4) is 0 Å². The molecule has 0 aromatic carbocycles. The highest BCUT2D eigenvalue weighted by molar-refractivity contribution is 5.36. The summed E-state index contributed by atoms with van der Waals surface area (Å²) in [4.78, 5) is 14.2. The minimum Gasteiger partial charge on any atom is -0.476 e. The van der Waals surface area contributed by atoms with Gasteiger partial charge in [-0.15, -0.1) is 0 Å². The summed E-state index contributed by atoms with van der Waals surface area (Å²) < 4.78 is 5.71. The number of ether oxygens (including phenoxy) is 1. The van der Waals surface area contributed by atoms with E-state index in [1.807, 2.05) is 0 Å². The fourth-order valence-electron chi connectivity index (χ4n) is 2.59. The lowest BCUT2D eigenvalue weighted by Gasteiger charge is -2.27. The molecule has 1 saturated carbocycles. The van der Waals surface area contributed by atoms with E-state index in [2.05, 4.69) is 4.98 Å². The first-order valence-corrected chi connectivity index (χ1v) is 7.03. The number of nitrogens with zero attached hydrogens (tertiary/aromatic N) is 2. The van der Waals surface area contributed by atoms with Crippen molar-refractivity contribution in [1.82, 2.24) is 4.98 Å². The molecule has 1 aromatic heterocycles. The van der Waals surface area contributed by atoms with E-state index < -0.39 is 4.92 Å². The molecule has 0 saturated heterocycles. The van der Waals surface area contributed by atoms with E-state index >= 15 is 0 Å². The lowest BCUT2D eigenvalue weighted by atomic mass is 9.93. The van der Waals surface area contributed by atoms with Crippen LogP contribution >= 0.6 is 0 Å². The average Bonchev–Trinajstić information content (AvgIpc) is 2.62. The number of rotatable bonds is 4. The summed E-state index contributed by atoms with van der Waals surface area (Å²) in [6.07, 6.45) is 7.86. The van der Waals surface area contributed by atoms with Gasteiger partial charge >= 0.3 is 0 Å². The topological polar surface area (TPSA) is 91.3 Å². The quantitative estimate of drug-likeness (QED) is 0.520. The van der Waals surface area contributed by atoms with Crippen LogP contribution in [0.4, 0.5) is 5.69 Å². The Labute approximate surface area is 118 Å². The second-order valence-corrected chi connectivity index (χ2v) is 5.64. The molecule has 6 heteroatoms. The van der Waals surface area contributed by atoms with Crippen molar-refractivity contribution in [3.8, 4) is 5.88 Å². The van der Waals surface area contributed by atoms with Crippen molar-refractivity contribution in [3.63, 3.8) is 0 Å². The van der Waals surface area contributed by atoms with Crippen LogP contribution in [-0.4, -0.2) is 22.1 Å². The van der Waals surface area contributed by atoms with Crippen molar-refractivity contribution < 1.29 is 9.66 Å². The Kier molecular flexibility index (Phi) is 4.54. The fraction of sp³-hybridized carbons (Fsp3) is 0.643. The van der Waals surface area contributed by atoms with E-state index in [9.17, 15) is 10.1 Å². The molecule has 0 radical (unpaired) electrons. The van der Waals surface area contributed by atoms with Crippen LogP contribution in [-0.2, 0) is 0 Å². The van der Waals surface area contributed by atoms with Gasteiger partial charge < -0.3 is 10.5 Å². The van der Waals surface area contributed by atoms with Gasteiger partial charge in [-0.05, 0) is 19.8 Å². The van der Waals surface area contributed by atoms with Gasteiger partial charge in [-0.2, -0.15) is 0 Å². The zero-order chi connectivity index (χ0) is 14.6. The first kappa shape index (κ1) is 14.7. The molecule has 0 atom stereocenters. The molecule has 1 fully saturated rings. The lowest BCUT2D eigenvalue weighted by molar-refractivity contribution is -0.385. The van der Waals surface area contributed by atoms with E-state index in [0.29, 0.717) is 18.1 Å². The summed E-state index contributed by atoms with van der Waals surface area (Å²) in [6, 6.07) is 1.47. The standard InChI is InChI=1S/C14H21N3O3/c1-11-8-12(17(18)19)9-16-13(11)20-10-14(15)6-4-2-3-5-7-14/h8-9H,2-7,10,15H2,1H3. The molecule has 1 aromatic rings. The minimum absolute atomic E-state index is 0.0215. The zero-order valence-electron chi connectivity index (χ0n) is 11.8. The van der Waals surface area contributed by atoms with Crippen LogP contribution in [0.2, 0.25) is 0 Å². The summed E-state index contributed by atoms with van der Waals surface area (Å²) in [7, 11) is 0. The molecule has 0 unspecified atom stereocenters. The number of hydrogen-bond donors (Lipinski definition) is 1. The van der Waals surface area contributed by atoms with Gasteiger partial charge in [0.1, 0.15) is 12.8 Å². The predicted octanol–water partition coefficient (Wildman–Crippen LogP) is 2.73. The monoisotopic (exact) mass is 279 g/mol. The predicted molar refractivity (Wildman–Crippen MR) is 75.7 cm³/mol. The van der Waals surface area contributed by atoms with Crippen molar-refractivity contribution in [1.29, 1.82) is 0 Å². The molecule has 2 rings (SSSR count). The van der Waals surface area contributed by atoms with Crippen LogP contribution in [0.15, 0.2) is 12.3 Å². The van der Waals surface area contributed by atoms with Crippen molar-refractivity contribution in [3.05, 3.63) is 27.9 Å². The van der Waals surface area contributed by atoms with Crippen LogP contribution in [0.5, 0.6) is 5.88 Å². The number of hydrogen-bond acceptors (Lipinski definition) is 5. The van der Waals surface area contributed by atoms with Gasteiger partial charge in [0.2, 0.25) is 5.88 Å². The second-order valence-electron chi connectivity index (χ2n) is 5.64. The third-order valence-electron chi connectivity index (χ3n) is 3.82. The molecule has 6 nitrogen and oxygen atoms in total. The van der Waals surface area contributed by atoms with Gasteiger partial charge in [0, 0.05) is 11.6 Å². The fourth-order valence-corrected chi connectivity index (χ4v) is 2.59. The first-order chi connectivity index (χ1) is 9.50. The molecular formula is C14H21N3O3. The van der Waals surface area contributed by atoms with E-state index in [4.69, 9.17) is 10.5 Å². The Balaban J connectivity index is 2.01. The summed E-state index contributed by atoms with van der Waals surface area (Å²) in [5, 5.41) is 10.7. The van der Waals surface area contributed by atoms with Gasteiger partial charge in [-0.3, -0.25) is 10.1 Å². The summed E-state index contributed by atoms with van der Waals surface area (Å²) in [5.74, 6) is 0.435. The molecule has 1 aliphatic rings. The smallest absolute Gasteiger partial charge is 0.288 e. The number of aryl methyl sites for hydroxylation is 1. The van der Waals surface area contributed by atoms with Gasteiger partial charge in [0.25, 0.3) is 5.69 Å². The minimum atomic E-state index is -0.459. The molecule has 20 heavy (non-hydrogen) atoms. The van der Waals surface area contributed by atoms with E-state index in [1.54, 1.807) is 6.92 Å². The maximum absolute atomic E-state index is 10.7. The lowest BCUT2D eigenvalue weighted by Crippen LogP contribution is -2.45. The van der Waals surface area contributed by atoms with Gasteiger partial charge in [-0.25, -0.2) is 4.98 Å². The van der Waals surface area contributed by atoms with Crippen molar-refractivity contribution in [2.75, 3.05) is 6.61 Å². The molecule has 110 valence electrons. The third-order valence-corrected chi connectivity index (χ3v) is 3.82. The van der Waals surface area contributed by atoms with Crippen molar-refractivity contribution in [2.24, 2.45) is 5.73 Å². The Bertz CT molecular complexity index is 483. The average molecular weight is 279 g/mol. The Morgan fingerprint density at radius 3 is 2.60 bits per heavy atom. The largest absolute Gasteiger partial charge is 0.476 e. The summed E-state index contributed by atoms with van der Waals surface area (Å²) in [5.41, 5.74) is 6.72. The Morgan fingerprint density at radius 1 is 1.40 bits per heavy atom. The maximum Gasteiger partial charge on any atom is 0.288 e. The molecule has 1 aliphatic carbocycles. The molecule has 0 amide bonds. The molecule has 0 spiro atoms. The third kappa shape index (κ3) is 3.66. The summed E-state index contributed by atoms with van der Waals surface area (Å²) >= 11 is 0. The normalized spacial score (nSPS) is 18.3. The van der Waals surface area contributed by atoms with Crippen LogP contribution < -0.4 is 10.5 Å². The van der Waals surface area contributed by atoms with Crippen molar-refractivity contribution >= 4 is 5.69 Å². The number of pyridine rings is 1. The first-order valence-electron chi connectivity index (χ1n) is 7.03. The van der Waals surface area contributed by atoms with E-state index in [-0.39, 0.29) is 11.2 Å². The Hall–Kier alpha value is -1.69. The van der Waals surface area contributed by atoms with Crippen LogP contribution in [0, 0.1) is 17.0 Å². The second kappa shape index (κ2) is 6.17. The highest BCUT2D eigenvalue weighted by Crippen LogP contribution is 2.27. The molecule has 0 bridgehead atoms. The number of aromatic nitrogens is 1. The number of nitro groups is 1. The number of nitrogens with two attached hydrogens (primary N) is 1. The van der Waals surface area contributed by atoms with Gasteiger partial charge in [0.15, 0.2) is 0 Å². The van der Waals surface area contributed by atoms with Crippen molar-refractivity contribution in [2.45, 2.75) is 51.0 Å². The van der Waals surface area contributed by atoms with Gasteiger partial charge in [0.05, 0.1) is 10.5 Å². The highest BCUT2D eigenvalue weighted by atomic mass is 16.6. The molecule has 1 heterocycles.